The largest absolute Gasteiger partial charge is 0.455 e. The fourth-order valence-corrected chi connectivity index (χ4v) is 2.99. The third kappa shape index (κ3) is 5.17. The first-order valence-corrected chi connectivity index (χ1v) is 9.60. The summed E-state index contributed by atoms with van der Waals surface area (Å²) in [4.78, 5) is 12.0. The van der Waals surface area contributed by atoms with Crippen molar-refractivity contribution in [2.24, 2.45) is 5.10 Å². The molecule has 1 aromatic heterocycles. The fraction of sp³-hybridized carbons (Fsp3) is 0.182. The first kappa shape index (κ1) is 19.1. The molecule has 4 nitrogen and oxygen atoms in total. The summed E-state index contributed by atoms with van der Waals surface area (Å²) in [6.07, 6.45) is 2.79. The predicted molar refractivity (Wildman–Crippen MR) is 112 cm³/mol. The van der Waals surface area contributed by atoms with Crippen LogP contribution in [0.3, 0.4) is 0 Å². The van der Waals surface area contributed by atoms with Crippen LogP contribution >= 0.6 is 15.9 Å². The minimum atomic E-state index is -0.162. The summed E-state index contributed by atoms with van der Waals surface area (Å²) >= 11 is 3.53. The number of halogens is 1. The van der Waals surface area contributed by atoms with Crippen molar-refractivity contribution in [2.75, 3.05) is 0 Å². The molecule has 5 heteroatoms. The molecule has 0 saturated carbocycles. The van der Waals surface area contributed by atoms with Gasteiger partial charge in [-0.15, -0.1) is 0 Å². The van der Waals surface area contributed by atoms with E-state index < -0.39 is 0 Å². The molecule has 0 saturated heterocycles. The van der Waals surface area contributed by atoms with Crippen molar-refractivity contribution in [3.63, 3.8) is 0 Å². The summed E-state index contributed by atoms with van der Waals surface area (Å²) in [5.41, 5.74) is 6.90. The Kier molecular flexibility index (Phi) is 6.24. The predicted octanol–water partition coefficient (Wildman–Crippen LogP) is 5.27. The van der Waals surface area contributed by atoms with Gasteiger partial charge in [-0.3, -0.25) is 4.79 Å². The number of hydrazone groups is 1. The standard InChI is InChI=1S/C22H21BrN2O2/c1-3-16-5-7-17(8-6-16)12-22(26)25-24-14-19-10-11-21(27-19)18-9-4-15(2)20(23)13-18/h4-11,13-14H,3,12H2,1-2H3,(H,25,26)/b24-14-. The van der Waals surface area contributed by atoms with Crippen molar-refractivity contribution in [3.8, 4) is 11.3 Å². The van der Waals surface area contributed by atoms with Gasteiger partial charge in [-0.05, 0) is 48.2 Å². The zero-order valence-electron chi connectivity index (χ0n) is 15.3. The third-order valence-electron chi connectivity index (χ3n) is 4.26. The summed E-state index contributed by atoms with van der Waals surface area (Å²) in [6.45, 7) is 4.14. The van der Waals surface area contributed by atoms with Gasteiger partial charge in [0.05, 0.1) is 12.6 Å². The van der Waals surface area contributed by atoms with Gasteiger partial charge in [0.15, 0.2) is 0 Å². The molecule has 1 amide bonds. The molecule has 0 spiro atoms. The van der Waals surface area contributed by atoms with Crippen LogP contribution in [0.5, 0.6) is 0 Å². The Hall–Kier alpha value is -2.66. The summed E-state index contributed by atoms with van der Waals surface area (Å²) < 4.78 is 6.80. The van der Waals surface area contributed by atoms with Gasteiger partial charge in [-0.1, -0.05) is 59.3 Å². The van der Waals surface area contributed by atoms with E-state index in [1.807, 2.05) is 61.5 Å². The summed E-state index contributed by atoms with van der Waals surface area (Å²) in [5.74, 6) is 1.17. The lowest BCUT2D eigenvalue weighted by molar-refractivity contribution is -0.120. The first-order chi connectivity index (χ1) is 13.0. The zero-order chi connectivity index (χ0) is 19.2. The molecule has 138 valence electrons. The van der Waals surface area contributed by atoms with Gasteiger partial charge < -0.3 is 4.42 Å². The number of nitrogens with one attached hydrogen (secondary N) is 1. The molecule has 0 radical (unpaired) electrons. The zero-order valence-corrected chi connectivity index (χ0v) is 16.9. The first-order valence-electron chi connectivity index (χ1n) is 8.81. The van der Waals surface area contributed by atoms with Crippen molar-refractivity contribution in [3.05, 3.63) is 81.5 Å². The van der Waals surface area contributed by atoms with Gasteiger partial charge in [0, 0.05) is 10.0 Å². The normalized spacial score (nSPS) is 11.1. The van der Waals surface area contributed by atoms with Crippen LogP contribution in [0.25, 0.3) is 11.3 Å². The van der Waals surface area contributed by atoms with E-state index in [2.05, 4.69) is 33.4 Å². The second kappa shape index (κ2) is 8.82. The highest BCUT2D eigenvalue weighted by Crippen LogP contribution is 2.26. The number of hydrogen-bond acceptors (Lipinski definition) is 3. The quantitative estimate of drug-likeness (QED) is 0.432. The highest BCUT2D eigenvalue weighted by molar-refractivity contribution is 9.10. The molecule has 3 aromatic rings. The molecule has 27 heavy (non-hydrogen) atoms. The molecule has 3 rings (SSSR count). The van der Waals surface area contributed by atoms with Gasteiger partial charge in [-0.2, -0.15) is 5.10 Å². The van der Waals surface area contributed by atoms with Crippen LogP contribution in [-0.2, 0) is 17.6 Å². The molecule has 1 N–H and O–H groups in total. The smallest absolute Gasteiger partial charge is 0.244 e. The number of benzene rings is 2. The minimum absolute atomic E-state index is 0.162. The Morgan fingerprint density at radius 3 is 2.56 bits per heavy atom. The number of furan rings is 1. The number of aryl methyl sites for hydroxylation is 2. The molecule has 0 aliphatic rings. The van der Waals surface area contributed by atoms with E-state index in [1.54, 1.807) is 0 Å². The monoisotopic (exact) mass is 424 g/mol. The van der Waals surface area contributed by atoms with Crippen LogP contribution < -0.4 is 5.43 Å². The highest BCUT2D eigenvalue weighted by atomic mass is 79.9. The van der Waals surface area contributed by atoms with E-state index in [1.165, 1.54) is 17.3 Å². The Morgan fingerprint density at radius 1 is 1.11 bits per heavy atom. The van der Waals surface area contributed by atoms with Crippen LogP contribution in [-0.4, -0.2) is 12.1 Å². The van der Waals surface area contributed by atoms with Crippen LogP contribution in [0.4, 0.5) is 0 Å². The van der Waals surface area contributed by atoms with E-state index >= 15 is 0 Å². The lowest BCUT2D eigenvalue weighted by Gasteiger charge is -2.02. The average Bonchev–Trinajstić information content (AvgIpc) is 3.13. The lowest BCUT2D eigenvalue weighted by atomic mass is 10.1. The van der Waals surface area contributed by atoms with Crippen LogP contribution in [0, 0.1) is 6.92 Å². The second-order valence-corrected chi connectivity index (χ2v) is 7.16. The van der Waals surface area contributed by atoms with Crippen LogP contribution in [0.1, 0.15) is 29.4 Å². The SMILES string of the molecule is CCc1ccc(CC(=O)N/N=C\c2ccc(-c3ccc(C)c(Br)c3)o2)cc1. The molecule has 0 bridgehead atoms. The molecule has 0 atom stereocenters. The van der Waals surface area contributed by atoms with E-state index in [4.69, 9.17) is 4.42 Å². The van der Waals surface area contributed by atoms with Gasteiger partial charge in [0.1, 0.15) is 11.5 Å². The lowest BCUT2D eigenvalue weighted by Crippen LogP contribution is -2.19. The molecule has 2 aromatic carbocycles. The molecule has 1 heterocycles. The topological polar surface area (TPSA) is 54.6 Å². The fourth-order valence-electron chi connectivity index (χ4n) is 2.61. The van der Waals surface area contributed by atoms with Crippen molar-refractivity contribution < 1.29 is 9.21 Å². The number of nitrogens with zero attached hydrogens (tertiary/aromatic N) is 1. The second-order valence-electron chi connectivity index (χ2n) is 6.31. The number of carbonyl (C=O) groups excluding carboxylic acids is 1. The van der Waals surface area contributed by atoms with Gasteiger partial charge in [0.25, 0.3) is 0 Å². The van der Waals surface area contributed by atoms with Crippen LogP contribution in [0.2, 0.25) is 0 Å². The van der Waals surface area contributed by atoms with E-state index in [0.29, 0.717) is 12.2 Å². The average molecular weight is 425 g/mol. The van der Waals surface area contributed by atoms with Crippen LogP contribution in [0.15, 0.2) is 68.6 Å². The Morgan fingerprint density at radius 2 is 1.85 bits per heavy atom. The third-order valence-corrected chi connectivity index (χ3v) is 5.11. The molecule has 0 aliphatic heterocycles. The molecule has 0 unspecified atom stereocenters. The maximum absolute atomic E-state index is 12.0. The van der Waals surface area contributed by atoms with Gasteiger partial charge >= 0.3 is 0 Å². The Labute approximate surface area is 167 Å². The van der Waals surface area contributed by atoms with Crippen molar-refractivity contribution in [2.45, 2.75) is 26.7 Å². The number of carbonyl (C=O) groups is 1. The summed E-state index contributed by atoms with van der Waals surface area (Å²) in [7, 11) is 0. The van der Waals surface area contributed by atoms with E-state index in [9.17, 15) is 4.79 Å². The Bertz CT molecular complexity index is 959. The number of amides is 1. The van der Waals surface area contributed by atoms with Gasteiger partial charge in [-0.25, -0.2) is 5.43 Å². The molecule has 0 aliphatic carbocycles. The maximum atomic E-state index is 12.0. The Balaban J connectivity index is 1.57. The number of rotatable bonds is 6. The molecular weight excluding hydrogens is 404 g/mol. The maximum Gasteiger partial charge on any atom is 0.244 e. The van der Waals surface area contributed by atoms with Gasteiger partial charge in [0.2, 0.25) is 5.91 Å². The molecular formula is C22H21BrN2O2. The number of hydrogen-bond donors (Lipinski definition) is 1. The minimum Gasteiger partial charge on any atom is -0.455 e. The summed E-state index contributed by atoms with van der Waals surface area (Å²) in [5, 5.41) is 3.98. The van der Waals surface area contributed by atoms with Crippen molar-refractivity contribution in [1.82, 2.24) is 5.43 Å². The van der Waals surface area contributed by atoms with Crippen molar-refractivity contribution in [1.29, 1.82) is 0 Å². The highest BCUT2D eigenvalue weighted by Gasteiger charge is 2.06. The van der Waals surface area contributed by atoms with E-state index in [-0.39, 0.29) is 5.91 Å². The van der Waals surface area contributed by atoms with E-state index in [0.717, 1.165) is 27.8 Å². The van der Waals surface area contributed by atoms with Crippen molar-refractivity contribution >= 4 is 28.1 Å². The summed E-state index contributed by atoms with van der Waals surface area (Å²) in [6, 6.07) is 17.8. The molecule has 0 fully saturated rings.